The van der Waals surface area contributed by atoms with E-state index in [0.29, 0.717) is 18.3 Å². The Bertz CT molecular complexity index is 525. The highest BCUT2D eigenvalue weighted by molar-refractivity contribution is 5.37. The van der Waals surface area contributed by atoms with Gasteiger partial charge >= 0.3 is 12.4 Å². The van der Waals surface area contributed by atoms with Crippen LogP contribution in [0.25, 0.3) is 0 Å². The highest BCUT2D eigenvalue weighted by Crippen LogP contribution is 2.95. The second-order valence-corrected chi connectivity index (χ2v) is 8.11. The second-order valence-electron chi connectivity index (χ2n) is 8.11. The van der Waals surface area contributed by atoms with Crippen molar-refractivity contribution in [1.82, 2.24) is 0 Å². The Morgan fingerprint density at radius 3 is 1.91 bits per heavy atom. The maximum atomic E-state index is 12.9. The molecule has 126 valence electrons. The molecule has 0 saturated heterocycles. The van der Waals surface area contributed by atoms with Crippen molar-refractivity contribution in [3.63, 3.8) is 0 Å². The summed E-state index contributed by atoms with van der Waals surface area (Å²) in [6, 6.07) is 0. The van der Waals surface area contributed by atoms with Crippen LogP contribution in [-0.4, -0.2) is 23.1 Å². The third-order valence-electron chi connectivity index (χ3n) is 8.00. The summed E-state index contributed by atoms with van der Waals surface area (Å²) in [7, 11) is 0. The van der Waals surface area contributed by atoms with Gasteiger partial charge in [-0.05, 0) is 59.7 Å². The fourth-order valence-electron chi connectivity index (χ4n) is 7.31. The first-order valence-electron chi connectivity index (χ1n) is 7.69. The maximum absolute atomic E-state index is 12.9. The summed E-state index contributed by atoms with van der Waals surface area (Å²) in [6.07, 6.45) is -11.4. The van der Waals surface area contributed by atoms with Crippen LogP contribution < -0.4 is 0 Å². The summed E-state index contributed by atoms with van der Waals surface area (Å²) in [6.45, 7) is 4.03. The fraction of sp³-hybridized carbons (Fsp3) is 1.00. The second kappa shape index (κ2) is 3.47. The van der Waals surface area contributed by atoms with Crippen molar-refractivity contribution in [1.29, 1.82) is 0 Å². The highest BCUT2D eigenvalue weighted by Gasteiger charge is 2.91. The molecule has 7 unspecified atom stereocenters. The summed E-state index contributed by atoms with van der Waals surface area (Å²) in [5.41, 5.74) is -5.03. The lowest BCUT2D eigenvalue weighted by atomic mass is 9.30. The molecule has 0 aromatic rings. The van der Waals surface area contributed by atoms with Gasteiger partial charge in [0, 0.05) is 0 Å². The Kier molecular flexibility index (Phi) is 2.38. The van der Waals surface area contributed by atoms with Gasteiger partial charge in [-0.15, -0.1) is 0 Å². The first-order valence-corrected chi connectivity index (χ1v) is 7.69. The number of hydrogen-bond acceptors (Lipinski definition) is 1. The molecule has 6 fully saturated rings. The van der Waals surface area contributed by atoms with E-state index < -0.39 is 35.7 Å². The third kappa shape index (κ3) is 1.18. The first kappa shape index (κ1) is 15.1. The van der Waals surface area contributed by atoms with Crippen LogP contribution in [0.3, 0.4) is 0 Å². The Morgan fingerprint density at radius 1 is 0.955 bits per heavy atom. The van der Waals surface area contributed by atoms with Crippen molar-refractivity contribution in [2.24, 2.45) is 40.4 Å². The average molecular weight is 328 g/mol. The predicted molar refractivity (Wildman–Crippen MR) is 64.6 cm³/mol. The minimum Gasteiger partial charge on any atom is -0.374 e. The SMILES string of the molecule is CC1C2C3C(C)C24CC13CC4CC(O)(C(F)(F)F)C(F)(F)F. The molecule has 0 heterocycles. The minimum absolute atomic E-state index is 0.0488. The molecule has 0 aromatic carbocycles. The molecule has 6 aliphatic rings. The molecule has 22 heavy (non-hydrogen) atoms. The van der Waals surface area contributed by atoms with E-state index in [-0.39, 0.29) is 17.3 Å². The summed E-state index contributed by atoms with van der Waals surface area (Å²) in [5.74, 6) is 0.686. The number of alkyl halides is 6. The van der Waals surface area contributed by atoms with Crippen LogP contribution >= 0.6 is 0 Å². The van der Waals surface area contributed by atoms with Gasteiger partial charge in [-0.25, -0.2) is 0 Å². The average Bonchev–Trinajstić information content (AvgIpc) is 2.98. The zero-order valence-electron chi connectivity index (χ0n) is 12.2. The summed E-state index contributed by atoms with van der Waals surface area (Å²) in [5, 5.41) is 9.51. The molecule has 4 bridgehead atoms. The largest absolute Gasteiger partial charge is 0.426 e. The molecule has 0 aromatic heterocycles. The lowest BCUT2D eigenvalue weighted by Gasteiger charge is -2.74. The van der Waals surface area contributed by atoms with Gasteiger partial charge in [0.15, 0.2) is 0 Å². The Labute approximate surface area is 124 Å². The number of halogens is 6. The van der Waals surface area contributed by atoms with E-state index in [9.17, 15) is 31.4 Å². The Hall–Kier alpha value is -0.460. The van der Waals surface area contributed by atoms with Gasteiger partial charge < -0.3 is 5.11 Å². The Morgan fingerprint density at radius 2 is 1.50 bits per heavy atom. The molecule has 1 nitrogen and oxygen atoms in total. The van der Waals surface area contributed by atoms with Crippen molar-refractivity contribution in [2.75, 3.05) is 0 Å². The standard InChI is InChI=1S/C15H18F6O/c1-6-10-9-7(2)12(10)5-11(6,9)3-8(12)4-13(22,14(16,17)18)15(19,20)21/h6-10,22H,3-5H2,1-2H3. The molecule has 0 amide bonds. The lowest BCUT2D eigenvalue weighted by molar-refractivity contribution is -0.381. The molecular weight excluding hydrogens is 310 g/mol. The number of aliphatic hydroxyl groups is 1. The first-order chi connectivity index (χ1) is 9.83. The predicted octanol–water partition coefficient (Wildman–Crippen LogP) is 4.16. The van der Waals surface area contributed by atoms with Crippen molar-refractivity contribution in [2.45, 2.75) is 51.1 Å². The monoisotopic (exact) mass is 328 g/mol. The van der Waals surface area contributed by atoms with Gasteiger partial charge in [0.2, 0.25) is 0 Å². The highest BCUT2D eigenvalue weighted by atomic mass is 19.4. The van der Waals surface area contributed by atoms with E-state index in [1.165, 1.54) is 0 Å². The normalized spacial score (nSPS) is 52.5. The van der Waals surface area contributed by atoms with Crippen LogP contribution in [-0.2, 0) is 0 Å². The smallest absolute Gasteiger partial charge is 0.374 e. The maximum Gasteiger partial charge on any atom is 0.426 e. The van der Waals surface area contributed by atoms with E-state index in [1.54, 1.807) is 0 Å². The van der Waals surface area contributed by atoms with Gasteiger partial charge in [-0.2, -0.15) is 26.3 Å². The zero-order chi connectivity index (χ0) is 16.5. The summed E-state index contributed by atoms with van der Waals surface area (Å²) in [4.78, 5) is 0. The summed E-state index contributed by atoms with van der Waals surface area (Å²) < 4.78 is 77.7. The molecule has 6 aliphatic carbocycles. The van der Waals surface area contributed by atoms with Crippen LogP contribution in [0.4, 0.5) is 26.3 Å². The van der Waals surface area contributed by atoms with E-state index >= 15 is 0 Å². The molecule has 6 saturated carbocycles. The zero-order valence-corrected chi connectivity index (χ0v) is 12.2. The van der Waals surface area contributed by atoms with Crippen molar-refractivity contribution in [3.8, 4) is 0 Å². The fourth-order valence-corrected chi connectivity index (χ4v) is 7.31. The van der Waals surface area contributed by atoms with Gasteiger partial charge in [-0.1, -0.05) is 13.8 Å². The number of hydrogen-bond donors (Lipinski definition) is 1. The van der Waals surface area contributed by atoms with E-state index in [0.717, 1.165) is 6.42 Å². The quantitative estimate of drug-likeness (QED) is 0.755. The van der Waals surface area contributed by atoms with E-state index in [2.05, 4.69) is 6.92 Å². The van der Waals surface area contributed by atoms with E-state index in [1.807, 2.05) is 6.92 Å². The molecule has 0 aliphatic heterocycles. The van der Waals surface area contributed by atoms with Crippen LogP contribution in [0.2, 0.25) is 0 Å². The minimum atomic E-state index is -5.69. The van der Waals surface area contributed by atoms with Gasteiger partial charge in [-0.3, -0.25) is 0 Å². The third-order valence-corrected chi connectivity index (χ3v) is 8.00. The molecule has 7 atom stereocenters. The molecule has 7 heteroatoms. The van der Waals surface area contributed by atoms with Gasteiger partial charge in [0.25, 0.3) is 5.60 Å². The lowest BCUT2D eigenvalue weighted by Crippen LogP contribution is -2.71. The van der Waals surface area contributed by atoms with Crippen LogP contribution in [0, 0.1) is 40.4 Å². The van der Waals surface area contributed by atoms with Crippen molar-refractivity contribution in [3.05, 3.63) is 0 Å². The molecule has 2 spiro atoms. The molecule has 1 N–H and O–H groups in total. The van der Waals surface area contributed by atoms with Crippen LogP contribution in [0.1, 0.15) is 33.1 Å². The van der Waals surface area contributed by atoms with Gasteiger partial charge in [0.05, 0.1) is 0 Å². The molecule has 0 radical (unpaired) electrons. The topological polar surface area (TPSA) is 20.2 Å². The Balaban J connectivity index is 1.66. The number of rotatable bonds is 2. The van der Waals surface area contributed by atoms with Crippen molar-refractivity contribution < 1.29 is 31.4 Å². The molecular formula is C15H18F6O. The van der Waals surface area contributed by atoms with Crippen molar-refractivity contribution >= 4 is 0 Å². The van der Waals surface area contributed by atoms with Crippen LogP contribution in [0.5, 0.6) is 0 Å². The summed E-state index contributed by atoms with van der Waals surface area (Å²) >= 11 is 0. The van der Waals surface area contributed by atoms with Crippen LogP contribution in [0.15, 0.2) is 0 Å². The molecule has 6 rings (SSSR count). The van der Waals surface area contributed by atoms with Gasteiger partial charge in [0.1, 0.15) is 0 Å². The van der Waals surface area contributed by atoms with E-state index in [4.69, 9.17) is 0 Å².